The van der Waals surface area contributed by atoms with Gasteiger partial charge in [0.2, 0.25) is 11.9 Å². The highest BCUT2D eigenvalue weighted by molar-refractivity contribution is 6.21. The molecule has 0 bridgehead atoms. The lowest BCUT2D eigenvalue weighted by molar-refractivity contribution is -0.118. The van der Waals surface area contributed by atoms with Gasteiger partial charge in [-0.2, -0.15) is 4.98 Å². The monoisotopic (exact) mass is 580 g/mol. The molecular formula is C29H36N6O7. The Balaban J connectivity index is 1.13. The molecule has 1 fully saturated rings. The van der Waals surface area contributed by atoms with Crippen LogP contribution in [0.25, 0.3) is 11.2 Å². The molecule has 3 N–H and O–H groups in total. The van der Waals surface area contributed by atoms with Gasteiger partial charge in [-0.3, -0.25) is 38.9 Å². The van der Waals surface area contributed by atoms with E-state index in [1.807, 2.05) is 6.92 Å². The summed E-state index contributed by atoms with van der Waals surface area (Å²) in [5.41, 5.74) is 0.638. The summed E-state index contributed by atoms with van der Waals surface area (Å²) in [6, 6.07) is 6.87. The van der Waals surface area contributed by atoms with E-state index in [9.17, 15) is 24.3 Å². The van der Waals surface area contributed by atoms with Crippen molar-refractivity contribution in [1.82, 2.24) is 24.4 Å². The van der Waals surface area contributed by atoms with Gasteiger partial charge >= 0.3 is 0 Å². The lowest BCUT2D eigenvalue weighted by Crippen LogP contribution is -2.34. The van der Waals surface area contributed by atoms with Crippen LogP contribution in [0.15, 0.2) is 35.4 Å². The second-order valence-electron chi connectivity index (χ2n) is 10.9. The lowest BCUT2D eigenvalue weighted by atomic mass is 10.1. The summed E-state index contributed by atoms with van der Waals surface area (Å²) in [7, 11) is 0. The predicted octanol–water partition coefficient (Wildman–Crippen LogP) is 2.62. The van der Waals surface area contributed by atoms with Crippen molar-refractivity contribution in [3.8, 4) is 0 Å². The number of carbonyl (C=O) groups is 3. The van der Waals surface area contributed by atoms with E-state index in [2.05, 4.69) is 20.3 Å². The van der Waals surface area contributed by atoms with Crippen LogP contribution in [-0.4, -0.2) is 78.7 Å². The summed E-state index contributed by atoms with van der Waals surface area (Å²) in [6.45, 7) is 6.16. The molecule has 13 nitrogen and oxygen atoms in total. The highest BCUT2D eigenvalue weighted by atomic mass is 16.6. The highest BCUT2D eigenvalue weighted by Gasteiger charge is 2.45. The first-order chi connectivity index (χ1) is 20.2. The quantitative estimate of drug-likeness (QED) is 0.215. The molecule has 224 valence electrons. The van der Waals surface area contributed by atoms with Crippen LogP contribution in [0.5, 0.6) is 0 Å². The van der Waals surface area contributed by atoms with E-state index in [0.29, 0.717) is 37.1 Å². The number of nitrogens with zero attached hydrogens (tertiary/aromatic N) is 4. The van der Waals surface area contributed by atoms with Crippen LogP contribution in [0.2, 0.25) is 0 Å². The standard InChI is InChI=1S/C29H36N6O7/c1-4-19-22(41-14-10-6-5-9-13-34-26(39)17-11-7-8-12-18(17)27(34)40)21(36)28(42-19)35-15-30-20-23(35)31-29(33-25(20)38)32-24(37)16(2)3/h7-8,11-12,15-16,19,21-22,28,36H,4-6,9-10,13-14H2,1-3H3,(H2,31,32,33,37,38)/t19-,21+,22?,28-/m1/s1. The number of fused-ring (bicyclic) bond motifs is 2. The summed E-state index contributed by atoms with van der Waals surface area (Å²) in [4.78, 5) is 62.0. The summed E-state index contributed by atoms with van der Waals surface area (Å²) >= 11 is 0. The molecular weight excluding hydrogens is 544 g/mol. The molecule has 3 amide bonds. The SMILES string of the molecule is CC[C@H]1O[C@@H](n2cnc3c(=O)[nH]c(NC(=O)C(C)C)nc32)[C@@H](O)C1OCCCCCCN1C(=O)c2ccccc2C1=O. The number of ether oxygens (including phenoxy) is 2. The maximum absolute atomic E-state index is 12.6. The molecule has 1 aromatic carbocycles. The molecule has 5 rings (SSSR count). The largest absolute Gasteiger partial charge is 0.386 e. The van der Waals surface area contributed by atoms with Gasteiger partial charge in [0.1, 0.15) is 12.2 Å². The molecule has 2 aromatic heterocycles. The van der Waals surface area contributed by atoms with Crippen molar-refractivity contribution in [2.45, 2.75) is 77.4 Å². The number of aromatic nitrogens is 4. The van der Waals surface area contributed by atoms with Gasteiger partial charge in [0.05, 0.1) is 23.6 Å². The molecule has 2 aliphatic heterocycles. The number of carbonyl (C=O) groups excluding carboxylic acids is 3. The van der Waals surface area contributed by atoms with Crippen LogP contribution in [0.3, 0.4) is 0 Å². The number of rotatable bonds is 12. The zero-order chi connectivity index (χ0) is 30.0. The molecule has 3 aromatic rings. The third-order valence-electron chi connectivity index (χ3n) is 7.65. The van der Waals surface area contributed by atoms with Gasteiger partial charge in [0, 0.05) is 19.1 Å². The van der Waals surface area contributed by atoms with Crippen LogP contribution in [0.1, 0.15) is 79.8 Å². The van der Waals surface area contributed by atoms with E-state index < -0.39 is 30.1 Å². The van der Waals surface area contributed by atoms with E-state index in [0.717, 1.165) is 19.3 Å². The van der Waals surface area contributed by atoms with E-state index in [1.165, 1.54) is 15.8 Å². The number of nitrogens with one attached hydrogen (secondary N) is 2. The average Bonchev–Trinajstić information content (AvgIpc) is 3.61. The van der Waals surface area contributed by atoms with E-state index >= 15 is 0 Å². The van der Waals surface area contributed by atoms with Crippen LogP contribution in [0, 0.1) is 5.92 Å². The first kappa shape index (κ1) is 29.5. The Kier molecular flexibility index (Phi) is 8.80. The zero-order valence-corrected chi connectivity index (χ0v) is 23.9. The van der Waals surface area contributed by atoms with Gasteiger partial charge in [0.25, 0.3) is 17.4 Å². The van der Waals surface area contributed by atoms with Gasteiger partial charge in [0.15, 0.2) is 17.4 Å². The second-order valence-corrected chi connectivity index (χ2v) is 10.9. The molecule has 42 heavy (non-hydrogen) atoms. The number of aliphatic hydroxyl groups excluding tert-OH is 1. The van der Waals surface area contributed by atoms with Gasteiger partial charge in [-0.1, -0.05) is 45.7 Å². The van der Waals surface area contributed by atoms with Gasteiger partial charge < -0.3 is 14.6 Å². The number of amides is 3. The Hall–Kier alpha value is -3.94. The first-order valence-electron chi connectivity index (χ1n) is 14.4. The van der Waals surface area contributed by atoms with E-state index in [4.69, 9.17) is 9.47 Å². The Labute approximate surface area is 242 Å². The fourth-order valence-electron chi connectivity index (χ4n) is 5.30. The number of H-pyrrole nitrogens is 1. The van der Waals surface area contributed by atoms with Crippen molar-refractivity contribution < 1.29 is 29.0 Å². The molecule has 0 spiro atoms. The Morgan fingerprint density at radius 2 is 1.81 bits per heavy atom. The molecule has 0 radical (unpaired) electrons. The van der Waals surface area contributed by atoms with Crippen molar-refractivity contribution in [3.05, 3.63) is 52.1 Å². The third-order valence-corrected chi connectivity index (χ3v) is 7.65. The minimum absolute atomic E-state index is 0.0109. The van der Waals surface area contributed by atoms with E-state index in [1.54, 1.807) is 38.1 Å². The number of aliphatic hydroxyl groups is 1. The molecule has 1 unspecified atom stereocenters. The fourth-order valence-corrected chi connectivity index (χ4v) is 5.30. The summed E-state index contributed by atoms with van der Waals surface area (Å²) in [5, 5.41) is 13.8. The number of unbranched alkanes of at least 4 members (excludes halogenated alkanes) is 3. The smallest absolute Gasteiger partial charge is 0.280 e. The Bertz CT molecular complexity index is 1500. The van der Waals surface area contributed by atoms with Crippen molar-refractivity contribution in [3.63, 3.8) is 0 Å². The summed E-state index contributed by atoms with van der Waals surface area (Å²) < 4.78 is 13.7. The Morgan fingerprint density at radius 1 is 1.12 bits per heavy atom. The molecule has 4 heterocycles. The molecule has 4 atom stereocenters. The zero-order valence-electron chi connectivity index (χ0n) is 23.9. The topological polar surface area (TPSA) is 169 Å². The van der Waals surface area contributed by atoms with Crippen molar-refractivity contribution in [2.75, 3.05) is 18.5 Å². The molecule has 1 saturated heterocycles. The van der Waals surface area contributed by atoms with Crippen LogP contribution in [0.4, 0.5) is 5.95 Å². The maximum atomic E-state index is 12.6. The second kappa shape index (κ2) is 12.5. The van der Waals surface area contributed by atoms with E-state index in [-0.39, 0.29) is 40.8 Å². The number of anilines is 1. The maximum Gasteiger partial charge on any atom is 0.280 e. The number of imidazole rings is 1. The molecule has 2 aliphatic rings. The fraction of sp³-hybridized carbons (Fsp3) is 0.517. The van der Waals surface area contributed by atoms with Crippen molar-refractivity contribution >= 4 is 34.8 Å². The first-order valence-corrected chi connectivity index (χ1v) is 14.4. The summed E-state index contributed by atoms with van der Waals surface area (Å²) in [5.74, 6) is -1.10. The van der Waals surface area contributed by atoms with Gasteiger partial charge in [-0.05, 0) is 31.4 Å². The predicted molar refractivity (Wildman–Crippen MR) is 152 cm³/mol. The number of hydrogen-bond acceptors (Lipinski definition) is 9. The normalized spacial score (nSPS) is 22.0. The van der Waals surface area contributed by atoms with Gasteiger partial charge in [-0.15, -0.1) is 0 Å². The van der Waals surface area contributed by atoms with Crippen molar-refractivity contribution in [1.29, 1.82) is 0 Å². The number of benzene rings is 1. The third kappa shape index (κ3) is 5.72. The minimum Gasteiger partial charge on any atom is -0.386 e. The minimum atomic E-state index is -1.05. The Morgan fingerprint density at radius 3 is 2.48 bits per heavy atom. The lowest BCUT2D eigenvalue weighted by Gasteiger charge is -2.20. The van der Waals surface area contributed by atoms with Crippen LogP contribution >= 0.6 is 0 Å². The molecule has 13 heteroatoms. The van der Waals surface area contributed by atoms with Crippen LogP contribution < -0.4 is 10.9 Å². The van der Waals surface area contributed by atoms with Crippen LogP contribution in [-0.2, 0) is 14.3 Å². The summed E-state index contributed by atoms with van der Waals surface area (Å²) in [6.07, 6.45) is 2.14. The highest BCUT2D eigenvalue weighted by Crippen LogP contribution is 2.34. The number of aromatic amines is 1. The van der Waals surface area contributed by atoms with Crippen molar-refractivity contribution in [2.24, 2.45) is 5.92 Å². The molecule has 0 aliphatic carbocycles. The van der Waals surface area contributed by atoms with Gasteiger partial charge in [-0.25, -0.2) is 4.98 Å². The molecule has 0 saturated carbocycles. The average molecular weight is 581 g/mol. The number of hydrogen-bond donors (Lipinski definition) is 3. The number of imide groups is 1.